The molecule has 0 unspecified atom stereocenters. The van der Waals surface area contributed by atoms with Gasteiger partial charge in [0.25, 0.3) is 0 Å². The first-order chi connectivity index (χ1) is 16.1. The van der Waals surface area contributed by atoms with Crippen molar-refractivity contribution in [1.82, 2.24) is 15.5 Å². The van der Waals surface area contributed by atoms with Crippen LogP contribution >= 0.6 is 0 Å². The maximum Gasteiger partial charge on any atom is 0.407 e. The summed E-state index contributed by atoms with van der Waals surface area (Å²) in [5.74, 6) is -1.46. The molecule has 1 aromatic heterocycles. The molecule has 2 aliphatic rings. The Balaban J connectivity index is 1.22. The normalized spacial score (nSPS) is 26.8. The van der Waals surface area contributed by atoms with Gasteiger partial charge in [0.05, 0.1) is 12.0 Å². The number of hydrogen-bond donors (Lipinski definition) is 4. The van der Waals surface area contributed by atoms with E-state index in [4.69, 9.17) is 4.74 Å². The number of nitrogens with one attached hydrogen (secondary N) is 3. The van der Waals surface area contributed by atoms with Crippen LogP contribution < -0.4 is 10.6 Å². The van der Waals surface area contributed by atoms with Crippen molar-refractivity contribution in [2.24, 2.45) is 0 Å². The molecule has 0 spiro atoms. The molecule has 2 aliphatic carbocycles. The van der Waals surface area contributed by atoms with E-state index in [1.54, 1.807) is 6.07 Å². The quantitative estimate of drug-likeness (QED) is 0.504. The van der Waals surface area contributed by atoms with Gasteiger partial charge in [0.1, 0.15) is 17.7 Å². The number of ether oxygens (including phenoxy) is 1. The van der Waals surface area contributed by atoms with Crippen molar-refractivity contribution in [3.8, 4) is 0 Å². The van der Waals surface area contributed by atoms with Crippen LogP contribution in [0.1, 0.15) is 69.0 Å². The SMILES string of the molecule is C[C@]1(O)CC[C@H](NC(=O)O[C@@H]2CC[C@H](c3cc(NC(=O)Cc4cc(F)cc(F)c4)n[nH]3)C2)CC1. The highest BCUT2D eigenvalue weighted by molar-refractivity contribution is 5.91. The second-order valence-electron chi connectivity index (χ2n) is 9.66. The van der Waals surface area contributed by atoms with Crippen molar-refractivity contribution in [1.29, 1.82) is 0 Å². The van der Waals surface area contributed by atoms with Gasteiger partial charge < -0.3 is 20.5 Å². The second-order valence-corrected chi connectivity index (χ2v) is 9.66. The van der Waals surface area contributed by atoms with E-state index >= 15 is 0 Å². The van der Waals surface area contributed by atoms with Gasteiger partial charge >= 0.3 is 6.09 Å². The predicted octanol–water partition coefficient (Wildman–Crippen LogP) is 3.93. The van der Waals surface area contributed by atoms with Gasteiger partial charge in [-0.1, -0.05) is 0 Å². The Morgan fingerprint density at radius 3 is 2.56 bits per heavy atom. The molecular weight excluding hydrogens is 446 g/mol. The Bertz CT molecular complexity index is 1010. The number of benzene rings is 1. The molecule has 1 heterocycles. The number of carbonyl (C=O) groups is 2. The molecule has 4 rings (SSSR count). The number of halogens is 2. The number of anilines is 1. The maximum absolute atomic E-state index is 13.3. The van der Waals surface area contributed by atoms with Gasteiger partial charge in [-0.05, 0) is 69.6 Å². The van der Waals surface area contributed by atoms with Crippen molar-refractivity contribution in [3.63, 3.8) is 0 Å². The van der Waals surface area contributed by atoms with E-state index < -0.39 is 29.2 Å². The summed E-state index contributed by atoms with van der Waals surface area (Å²) in [4.78, 5) is 24.5. The summed E-state index contributed by atoms with van der Waals surface area (Å²) in [6.45, 7) is 1.82. The van der Waals surface area contributed by atoms with Crippen LogP contribution in [0.5, 0.6) is 0 Å². The topological polar surface area (TPSA) is 116 Å². The lowest BCUT2D eigenvalue weighted by atomic mass is 9.84. The summed E-state index contributed by atoms with van der Waals surface area (Å²) in [6, 6.07) is 4.74. The first kappa shape index (κ1) is 24.1. The predicted molar refractivity (Wildman–Crippen MR) is 120 cm³/mol. The monoisotopic (exact) mass is 476 g/mol. The molecule has 0 aliphatic heterocycles. The van der Waals surface area contributed by atoms with Crippen LogP contribution in [-0.2, 0) is 16.0 Å². The number of nitrogens with zero attached hydrogens (tertiary/aromatic N) is 1. The zero-order valence-corrected chi connectivity index (χ0v) is 19.1. The third-order valence-corrected chi connectivity index (χ3v) is 6.63. The van der Waals surface area contributed by atoms with Crippen LogP contribution in [0.2, 0.25) is 0 Å². The van der Waals surface area contributed by atoms with E-state index in [1.165, 1.54) is 0 Å². The van der Waals surface area contributed by atoms with Gasteiger partial charge in [-0.2, -0.15) is 5.10 Å². The number of hydrogen-bond acceptors (Lipinski definition) is 5. The molecule has 2 saturated carbocycles. The Labute approximate surface area is 196 Å². The van der Waals surface area contributed by atoms with Gasteiger partial charge in [0.15, 0.2) is 5.82 Å². The summed E-state index contributed by atoms with van der Waals surface area (Å²) in [5.41, 5.74) is 0.409. The number of carbonyl (C=O) groups excluding carboxylic acids is 2. The Kier molecular flexibility index (Phi) is 7.16. The Morgan fingerprint density at radius 2 is 1.85 bits per heavy atom. The minimum Gasteiger partial charge on any atom is -0.446 e. The zero-order chi connectivity index (χ0) is 24.3. The van der Waals surface area contributed by atoms with Gasteiger partial charge in [0, 0.05) is 29.8 Å². The Hall–Kier alpha value is -3.01. The largest absolute Gasteiger partial charge is 0.446 e. The van der Waals surface area contributed by atoms with Crippen molar-refractivity contribution in [3.05, 3.63) is 47.2 Å². The fourth-order valence-corrected chi connectivity index (χ4v) is 4.76. The number of H-pyrrole nitrogens is 1. The first-order valence-electron chi connectivity index (χ1n) is 11.6. The van der Waals surface area contributed by atoms with Crippen LogP contribution in [0, 0.1) is 11.6 Å². The van der Waals surface area contributed by atoms with E-state index in [1.807, 2.05) is 6.92 Å². The average molecular weight is 477 g/mol. The molecule has 4 N–H and O–H groups in total. The molecule has 0 bridgehead atoms. The van der Waals surface area contributed by atoms with Crippen molar-refractivity contribution < 1.29 is 28.2 Å². The molecule has 10 heteroatoms. The second kappa shape index (κ2) is 10.1. The highest BCUT2D eigenvalue weighted by Gasteiger charge is 2.32. The minimum absolute atomic E-state index is 0.0209. The van der Waals surface area contributed by atoms with Crippen molar-refractivity contribution in [2.45, 2.75) is 82.0 Å². The first-order valence-corrected chi connectivity index (χ1v) is 11.6. The van der Waals surface area contributed by atoms with Crippen molar-refractivity contribution in [2.75, 3.05) is 5.32 Å². The smallest absolute Gasteiger partial charge is 0.407 e. The Morgan fingerprint density at radius 1 is 1.15 bits per heavy atom. The molecule has 34 heavy (non-hydrogen) atoms. The maximum atomic E-state index is 13.3. The van der Waals surface area contributed by atoms with Crippen molar-refractivity contribution >= 4 is 17.8 Å². The fourth-order valence-electron chi connectivity index (χ4n) is 4.76. The van der Waals surface area contributed by atoms with E-state index in [-0.39, 0.29) is 30.0 Å². The number of alkyl carbamates (subject to hydrolysis) is 1. The lowest BCUT2D eigenvalue weighted by molar-refractivity contribution is -0.115. The third kappa shape index (κ3) is 6.53. The standard InChI is InChI=1S/C24H30F2N4O4/c1-24(33)6-4-18(5-7-24)27-23(32)34-19-3-2-15(11-19)20-13-21(30-29-20)28-22(31)10-14-8-16(25)12-17(26)9-14/h8-9,12-13,15,18-19,33H,2-7,10-11H2,1H3,(H,27,32)(H2,28,29,30,31)/t15-,18-,19+,24-/m0/s1. The van der Waals surface area contributed by atoms with Crippen LogP contribution in [-0.4, -0.2) is 45.1 Å². The zero-order valence-electron chi connectivity index (χ0n) is 19.1. The molecule has 2 aromatic rings. The molecule has 1 aromatic carbocycles. The van der Waals surface area contributed by atoms with Gasteiger partial charge in [-0.15, -0.1) is 0 Å². The summed E-state index contributed by atoms with van der Waals surface area (Å²) in [7, 11) is 0. The van der Waals surface area contributed by atoms with Crippen LogP contribution in [0.25, 0.3) is 0 Å². The number of aromatic amines is 1. The fraction of sp³-hybridized carbons (Fsp3) is 0.542. The van der Waals surface area contributed by atoms with Crippen LogP contribution in [0.4, 0.5) is 19.4 Å². The molecular formula is C24H30F2N4O4. The van der Waals surface area contributed by atoms with Crippen LogP contribution in [0.3, 0.4) is 0 Å². The molecule has 184 valence electrons. The molecule has 8 nitrogen and oxygen atoms in total. The van der Waals surface area contributed by atoms with Gasteiger partial charge in [-0.25, -0.2) is 13.6 Å². The summed E-state index contributed by atoms with van der Waals surface area (Å²) in [6.07, 6.45) is 4.13. The highest BCUT2D eigenvalue weighted by Crippen LogP contribution is 2.36. The molecule has 2 amide bonds. The highest BCUT2D eigenvalue weighted by atomic mass is 19.1. The lowest BCUT2D eigenvalue weighted by Crippen LogP contribution is -2.43. The van der Waals surface area contributed by atoms with E-state index in [9.17, 15) is 23.5 Å². The third-order valence-electron chi connectivity index (χ3n) is 6.63. The van der Waals surface area contributed by atoms with Gasteiger partial charge in [0.2, 0.25) is 5.91 Å². The van der Waals surface area contributed by atoms with E-state index in [0.29, 0.717) is 25.1 Å². The van der Waals surface area contributed by atoms with E-state index in [0.717, 1.165) is 49.6 Å². The number of rotatable bonds is 6. The number of aromatic nitrogens is 2. The minimum atomic E-state index is -0.733. The summed E-state index contributed by atoms with van der Waals surface area (Å²) >= 11 is 0. The molecule has 2 fully saturated rings. The summed E-state index contributed by atoms with van der Waals surface area (Å²) < 4.78 is 32.2. The number of amides is 2. The molecule has 0 saturated heterocycles. The number of aliphatic hydroxyl groups is 1. The van der Waals surface area contributed by atoms with Gasteiger partial charge in [-0.3, -0.25) is 9.89 Å². The average Bonchev–Trinajstić information content (AvgIpc) is 3.38. The van der Waals surface area contributed by atoms with E-state index in [2.05, 4.69) is 20.8 Å². The summed E-state index contributed by atoms with van der Waals surface area (Å²) in [5, 5.41) is 22.6. The lowest BCUT2D eigenvalue weighted by Gasteiger charge is -2.33. The van der Waals surface area contributed by atoms with Crippen LogP contribution in [0.15, 0.2) is 24.3 Å². The molecule has 2 atom stereocenters. The molecule has 0 radical (unpaired) electrons.